The van der Waals surface area contributed by atoms with Crippen LogP contribution < -0.4 is 10.3 Å². The van der Waals surface area contributed by atoms with Gasteiger partial charge in [0.25, 0.3) is 5.56 Å². The van der Waals surface area contributed by atoms with E-state index in [1.165, 1.54) is 23.9 Å². The Kier molecular flexibility index (Phi) is 6.02. The minimum atomic E-state index is -0.712. The van der Waals surface area contributed by atoms with Crippen molar-refractivity contribution in [2.75, 3.05) is 7.11 Å². The average molecular weight is 441 g/mol. The van der Waals surface area contributed by atoms with Crippen molar-refractivity contribution >= 4 is 23.3 Å². The van der Waals surface area contributed by atoms with Gasteiger partial charge in [-0.15, -0.1) is 0 Å². The molecule has 1 aromatic carbocycles. The van der Waals surface area contributed by atoms with Gasteiger partial charge in [0, 0.05) is 22.2 Å². The van der Waals surface area contributed by atoms with Crippen LogP contribution in [0.25, 0.3) is 16.8 Å². The molecule has 0 N–H and O–H groups in total. The summed E-state index contributed by atoms with van der Waals surface area (Å²) in [5.41, 5.74) is 0.0950. The SMILES string of the molecule is COc1cn(/C(=C/C2(C)CC2)C(=O)OC(C)(C)C)c(=O)cc1-c1cc(Cl)ccc1C#N. The van der Waals surface area contributed by atoms with Gasteiger partial charge in [0.05, 0.1) is 24.9 Å². The number of pyridine rings is 1. The number of ether oxygens (including phenoxy) is 2. The van der Waals surface area contributed by atoms with Gasteiger partial charge in [-0.2, -0.15) is 5.26 Å². The second-order valence-electron chi connectivity index (χ2n) is 8.95. The standard InChI is InChI=1S/C24H25ClN2O4/c1-23(2,3)31-22(29)19(12-24(4)8-9-24)27-14-20(30-5)18(11-21(27)28)17-10-16(25)7-6-15(17)13-26/h6-7,10-12,14H,8-9H2,1-5H3/b19-12+. The topological polar surface area (TPSA) is 81.3 Å². The molecule has 6 nitrogen and oxygen atoms in total. The molecule has 0 aliphatic heterocycles. The molecule has 2 aromatic rings. The van der Waals surface area contributed by atoms with Gasteiger partial charge in [-0.05, 0) is 63.3 Å². The maximum atomic E-state index is 13.1. The second kappa shape index (κ2) is 8.24. The van der Waals surface area contributed by atoms with Crippen molar-refractivity contribution in [3.8, 4) is 22.9 Å². The summed E-state index contributed by atoms with van der Waals surface area (Å²) >= 11 is 6.12. The molecule has 0 amide bonds. The van der Waals surface area contributed by atoms with Gasteiger partial charge in [0.2, 0.25) is 0 Å². The maximum absolute atomic E-state index is 13.1. The molecule has 1 heterocycles. The summed E-state index contributed by atoms with van der Waals surface area (Å²) in [6.45, 7) is 7.35. The zero-order chi connectivity index (χ0) is 23.0. The van der Waals surface area contributed by atoms with E-state index in [1.54, 1.807) is 45.0 Å². The number of allylic oxidation sites excluding steroid dienone is 1. The lowest BCUT2D eigenvalue weighted by Crippen LogP contribution is -2.30. The first kappa shape index (κ1) is 22.6. The van der Waals surface area contributed by atoms with E-state index in [0.29, 0.717) is 27.5 Å². The van der Waals surface area contributed by atoms with Crippen molar-refractivity contribution in [3.05, 3.63) is 57.5 Å². The predicted molar refractivity (Wildman–Crippen MR) is 120 cm³/mol. The summed E-state index contributed by atoms with van der Waals surface area (Å²) in [4.78, 5) is 26.1. The number of hydrogen-bond acceptors (Lipinski definition) is 5. The fourth-order valence-electron chi connectivity index (χ4n) is 3.14. The summed E-state index contributed by atoms with van der Waals surface area (Å²) in [5.74, 6) is -0.258. The minimum absolute atomic E-state index is 0.149. The van der Waals surface area contributed by atoms with Gasteiger partial charge in [-0.3, -0.25) is 9.36 Å². The van der Waals surface area contributed by atoms with Gasteiger partial charge in [-0.1, -0.05) is 18.5 Å². The lowest BCUT2D eigenvalue weighted by atomic mass is 10.0. The van der Waals surface area contributed by atoms with Gasteiger partial charge in [0.1, 0.15) is 17.0 Å². The molecule has 0 atom stereocenters. The third-order valence-electron chi connectivity index (χ3n) is 5.02. The normalized spacial score (nSPS) is 15.2. The molecule has 1 fully saturated rings. The highest BCUT2D eigenvalue weighted by molar-refractivity contribution is 6.31. The highest BCUT2D eigenvalue weighted by atomic mass is 35.5. The third-order valence-corrected chi connectivity index (χ3v) is 5.26. The molecule has 1 aliphatic carbocycles. The van der Waals surface area contributed by atoms with E-state index < -0.39 is 17.1 Å². The first-order valence-electron chi connectivity index (χ1n) is 9.94. The van der Waals surface area contributed by atoms with Crippen LogP contribution in [-0.4, -0.2) is 23.2 Å². The van der Waals surface area contributed by atoms with Crippen LogP contribution in [0.1, 0.15) is 46.1 Å². The highest BCUT2D eigenvalue weighted by Gasteiger charge is 2.37. The summed E-state index contributed by atoms with van der Waals surface area (Å²) in [6, 6.07) is 8.25. The monoisotopic (exact) mass is 440 g/mol. The van der Waals surface area contributed by atoms with Gasteiger partial charge >= 0.3 is 5.97 Å². The Labute approximate surface area is 186 Å². The Bertz CT molecular complexity index is 1160. The van der Waals surface area contributed by atoms with Crippen molar-refractivity contribution in [3.63, 3.8) is 0 Å². The number of esters is 1. The molecule has 1 aliphatic rings. The number of aromatic nitrogens is 1. The van der Waals surface area contributed by atoms with E-state index >= 15 is 0 Å². The van der Waals surface area contributed by atoms with Crippen molar-refractivity contribution in [1.82, 2.24) is 4.57 Å². The number of halogens is 1. The van der Waals surface area contributed by atoms with Crippen molar-refractivity contribution in [2.45, 2.75) is 46.1 Å². The van der Waals surface area contributed by atoms with Gasteiger partial charge in [0.15, 0.2) is 0 Å². The molecular formula is C24H25ClN2O4. The largest absolute Gasteiger partial charge is 0.495 e. The Morgan fingerprint density at radius 3 is 2.48 bits per heavy atom. The molecule has 0 saturated heterocycles. The molecule has 0 spiro atoms. The van der Waals surface area contributed by atoms with Gasteiger partial charge < -0.3 is 9.47 Å². The molecular weight excluding hydrogens is 416 g/mol. The summed E-state index contributed by atoms with van der Waals surface area (Å²) < 4.78 is 12.3. The Balaban J connectivity index is 2.19. The quantitative estimate of drug-likeness (QED) is 0.481. The zero-order valence-corrected chi connectivity index (χ0v) is 19.0. The Hall–Kier alpha value is -3.04. The van der Waals surface area contributed by atoms with Crippen LogP contribution in [-0.2, 0) is 9.53 Å². The lowest BCUT2D eigenvalue weighted by molar-refractivity contribution is -0.147. The number of nitriles is 1. The van der Waals surface area contributed by atoms with Crippen molar-refractivity contribution < 1.29 is 14.3 Å². The van der Waals surface area contributed by atoms with E-state index in [4.69, 9.17) is 21.1 Å². The Morgan fingerprint density at radius 2 is 1.94 bits per heavy atom. The van der Waals surface area contributed by atoms with E-state index in [1.807, 2.05) is 6.92 Å². The smallest absolute Gasteiger partial charge is 0.355 e. The Morgan fingerprint density at radius 1 is 1.26 bits per heavy atom. The predicted octanol–water partition coefficient (Wildman–Crippen LogP) is 5.03. The second-order valence-corrected chi connectivity index (χ2v) is 9.39. The molecule has 0 bridgehead atoms. The molecule has 0 unspecified atom stereocenters. The first-order valence-corrected chi connectivity index (χ1v) is 10.3. The van der Waals surface area contributed by atoms with Crippen LogP contribution in [0.3, 0.4) is 0 Å². The lowest BCUT2D eigenvalue weighted by Gasteiger charge is -2.22. The van der Waals surface area contributed by atoms with Crippen LogP contribution in [0.4, 0.5) is 0 Å². The molecule has 7 heteroatoms. The molecule has 1 saturated carbocycles. The molecule has 1 aromatic heterocycles. The van der Waals surface area contributed by atoms with E-state index in [0.717, 1.165) is 12.8 Å². The zero-order valence-electron chi connectivity index (χ0n) is 18.3. The third kappa shape index (κ3) is 5.18. The number of benzene rings is 1. The van der Waals surface area contributed by atoms with Crippen LogP contribution in [0, 0.1) is 16.7 Å². The fraction of sp³-hybridized carbons (Fsp3) is 0.375. The van der Waals surface area contributed by atoms with Crippen LogP contribution >= 0.6 is 11.6 Å². The molecule has 3 rings (SSSR count). The van der Waals surface area contributed by atoms with Crippen LogP contribution in [0.5, 0.6) is 5.75 Å². The summed E-state index contributed by atoms with van der Waals surface area (Å²) in [6.07, 6.45) is 5.11. The summed E-state index contributed by atoms with van der Waals surface area (Å²) in [5, 5.41) is 9.90. The fourth-order valence-corrected chi connectivity index (χ4v) is 3.31. The summed E-state index contributed by atoms with van der Waals surface area (Å²) in [7, 11) is 1.46. The number of methoxy groups -OCH3 is 1. The first-order chi connectivity index (χ1) is 14.5. The van der Waals surface area contributed by atoms with Crippen molar-refractivity contribution in [2.24, 2.45) is 5.41 Å². The number of carbonyl (C=O) groups excluding carboxylic acids is 1. The molecule has 31 heavy (non-hydrogen) atoms. The van der Waals surface area contributed by atoms with Crippen molar-refractivity contribution in [1.29, 1.82) is 5.26 Å². The van der Waals surface area contributed by atoms with Crippen LogP contribution in [0.2, 0.25) is 5.02 Å². The van der Waals surface area contributed by atoms with Gasteiger partial charge in [-0.25, -0.2) is 4.79 Å². The molecule has 162 valence electrons. The number of nitrogens with zero attached hydrogens (tertiary/aromatic N) is 2. The van der Waals surface area contributed by atoms with E-state index in [9.17, 15) is 14.9 Å². The minimum Gasteiger partial charge on any atom is -0.495 e. The number of rotatable bonds is 5. The maximum Gasteiger partial charge on any atom is 0.355 e. The van der Waals surface area contributed by atoms with Crippen LogP contribution in [0.15, 0.2) is 41.3 Å². The van der Waals surface area contributed by atoms with E-state index in [-0.39, 0.29) is 11.1 Å². The highest BCUT2D eigenvalue weighted by Crippen LogP contribution is 2.47. The average Bonchev–Trinajstić information content (AvgIpc) is 3.42. The van der Waals surface area contributed by atoms with E-state index in [2.05, 4.69) is 6.07 Å². The number of hydrogen-bond donors (Lipinski definition) is 0. The number of carbonyl (C=O) groups is 1. The molecule has 0 radical (unpaired) electrons.